The van der Waals surface area contributed by atoms with Gasteiger partial charge in [-0.15, -0.1) is 0 Å². The lowest BCUT2D eigenvalue weighted by atomic mass is 10.3. The van der Waals surface area contributed by atoms with E-state index in [1.54, 1.807) is 18.4 Å². The number of nitrogens with zero attached hydrogens (tertiary/aromatic N) is 1. The van der Waals surface area contributed by atoms with Crippen molar-refractivity contribution < 1.29 is 9.53 Å². The number of rotatable bonds is 7. The van der Waals surface area contributed by atoms with Gasteiger partial charge in [0.1, 0.15) is 6.10 Å². The smallest absolute Gasteiger partial charge is 0.306 e. The Kier molecular flexibility index (Phi) is 7.22. The fourth-order valence-corrected chi connectivity index (χ4v) is 3.16. The van der Waals surface area contributed by atoms with Crippen molar-refractivity contribution in [2.75, 3.05) is 13.6 Å². The molecule has 122 valence electrons. The summed E-state index contributed by atoms with van der Waals surface area (Å²) in [4.78, 5) is 15.9. The van der Waals surface area contributed by atoms with Crippen molar-refractivity contribution in [3.63, 3.8) is 0 Å². The highest BCUT2D eigenvalue weighted by Gasteiger charge is 2.18. The van der Waals surface area contributed by atoms with Crippen molar-refractivity contribution in [2.45, 2.75) is 51.2 Å². The number of esters is 1. The predicted octanol–water partition coefficient (Wildman–Crippen LogP) is 2.68. The number of nitrogens with one attached hydrogen (secondary N) is 2. The molecule has 0 amide bonds. The molecule has 1 aliphatic rings. The molecule has 0 atom stereocenters. The number of hydrogen-bond donors (Lipinski definition) is 2. The van der Waals surface area contributed by atoms with Gasteiger partial charge in [0.05, 0.1) is 0 Å². The monoisotopic (exact) mass is 323 g/mol. The van der Waals surface area contributed by atoms with Crippen molar-refractivity contribution in [2.24, 2.45) is 4.99 Å². The minimum atomic E-state index is -0.0741. The number of ether oxygens (including phenoxy) is 1. The molecule has 0 aromatic carbocycles. The molecule has 1 aromatic heterocycles. The Morgan fingerprint density at radius 2 is 2.23 bits per heavy atom. The summed E-state index contributed by atoms with van der Waals surface area (Å²) >= 11 is 1.68. The highest BCUT2D eigenvalue weighted by molar-refractivity contribution is 7.07. The van der Waals surface area contributed by atoms with Gasteiger partial charge in [0.25, 0.3) is 0 Å². The van der Waals surface area contributed by atoms with E-state index >= 15 is 0 Å². The third-order valence-corrected chi connectivity index (χ3v) is 4.45. The SMILES string of the molecule is CN=C(NCCCC(=O)OC1CCCC1)NCc1ccsc1. The largest absolute Gasteiger partial charge is 0.462 e. The number of guanidine groups is 1. The molecule has 22 heavy (non-hydrogen) atoms. The molecule has 5 nitrogen and oxygen atoms in total. The summed E-state index contributed by atoms with van der Waals surface area (Å²) in [5, 5.41) is 10.6. The van der Waals surface area contributed by atoms with Gasteiger partial charge in [-0.25, -0.2) is 0 Å². The summed E-state index contributed by atoms with van der Waals surface area (Å²) in [5.74, 6) is 0.685. The summed E-state index contributed by atoms with van der Waals surface area (Å²) < 4.78 is 5.43. The Labute approximate surface area is 136 Å². The first-order valence-electron chi connectivity index (χ1n) is 7.93. The van der Waals surface area contributed by atoms with Crippen molar-refractivity contribution in [1.82, 2.24) is 10.6 Å². The van der Waals surface area contributed by atoms with E-state index in [1.807, 2.05) is 0 Å². The molecule has 2 rings (SSSR count). The summed E-state index contributed by atoms with van der Waals surface area (Å²) in [6.45, 7) is 1.47. The van der Waals surface area contributed by atoms with Gasteiger partial charge in [-0.05, 0) is 54.5 Å². The minimum Gasteiger partial charge on any atom is -0.462 e. The van der Waals surface area contributed by atoms with Crippen molar-refractivity contribution >= 4 is 23.3 Å². The van der Waals surface area contributed by atoms with Gasteiger partial charge in [-0.2, -0.15) is 11.3 Å². The van der Waals surface area contributed by atoms with Crippen LogP contribution in [-0.4, -0.2) is 31.6 Å². The molecule has 0 unspecified atom stereocenters. The van der Waals surface area contributed by atoms with Crippen LogP contribution in [-0.2, 0) is 16.1 Å². The Balaban J connectivity index is 1.55. The first-order chi connectivity index (χ1) is 10.8. The van der Waals surface area contributed by atoms with Crippen LogP contribution in [0.1, 0.15) is 44.1 Å². The molecule has 1 heterocycles. The van der Waals surface area contributed by atoms with Crippen molar-refractivity contribution in [3.8, 4) is 0 Å². The van der Waals surface area contributed by atoms with Gasteiger partial charge in [-0.1, -0.05) is 0 Å². The van der Waals surface area contributed by atoms with Crippen molar-refractivity contribution in [3.05, 3.63) is 22.4 Å². The zero-order valence-electron chi connectivity index (χ0n) is 13.1. The van der Waals surface area contributed by atoms with Gasteiger partial charge in [0.15, 0.2) is 5.96 Å². The van der Waals surface area contributed by atoms with Crippen LogP contribution in [0.5, 0.6) is 0 Å². The lowest BCUT2D eigenvalue weighted by Gasteiger charge is -2.13. The maximum atomic E-state index is 11.7. The van der Waals surface area contributed by atoms with E-state index in [9.17, 15) is 4.79 Å². The molecule has 0 radical (unpaired) electrons. The maximum Gasteiger partial charge on any atom is 0.306 e. The molecule has 6 heteroatoms. The van der Waals surface area contributed by atoms with Crippen LogP contribution in [0.25, 0.3) is 0 Å². The van der Waals surface area contributed by atoms with E-state index in [0.717, 1.165) is 31.8 Å². The van der Waals surface area contributed by atoms with Gasteiger partial charge in [-0.3, -0.25) is 9.79 Å². The summed E-state index contributed by atoms with van der Waals surface area (Å²) in [5.41, 5.74) is 1.24. The number of aliphatic imine (C=N–C) groups is 1. The molecular formula is C16H25N3O2S. The summed E-state index contributed by atoms with van der Waals surface area (Å²) in [7, 11) is 1.75. The van der Waals surface area contributed by atoms with Crippen LogP contribution in [0, 0.1) is 0 Å². The number of carbonyl (C=O) groups excluding carboxylic acids is 1. The quantitative estimate of drug-likeness (QED) is 0.350. The topological polar surface area (TPSA) is 62.7 Å². The zero-order valence-corrected chi connectivity index (χ0v) is 14.0. The lowest BCUT2D eigenvalue weighted by Crippen LogP contribution is -2.37. The van der Waals surface area contributed by atoms with E-state index in [2.05, 4.69) is 32.5 Å². The van der Waals surface area contributed by atoms with E-state index < -0.39 is 0 Å². The van der Waals surface area contributed by atoms with E-state index in [0.29, 0.717) is 13.0 Å². The lowest BCUT2D eigenvalue weighted by molar-refractivity contribution is -0.148. The second kappa shape index (κ2) is 9.46. The highest BCUT2D eigenvalue weighted by Crippen LogP contribution is 2.21. The minimum absolute atomic E-state index is 0.0741. The number of thiophene rings is 1. The standard InChI is InChI=1S/C16H25N3O2S/c1-17-16(19-11-13-8-10-22-12-13)18-9-4-7-15(20)21-14-5-2-3-6-14/h8,10,12,14H,2-7,9,11H2,1H3,(H2,17,18,19). The fraction of sp³-hybridized carbons (Fsp3) is 0.625. The zero-order chi connectivity index (χ0) is 15.6. The second-order valence-electron chi connectivity index (χ2n) is 5.48. The average molecular weight is 323 g/mol. The fourth-order valence-electron chi connectivity index (χ4n) is 2.49. The van der Waals surface area contributed by atoms with Crippen LogP contribution in [0.4, 0.5) is 0 Å². The van der Waals surface area contributed by atoms with Crippen molar-refractivity contribution in [1.29, 1.82) is 0 Å². The van der Waals surface area contributed by atoms with Crippen LogP contribution in [0.15, 0.2) is 21.8 Å². The second-order valence-corrected chi connectivity index (χ2v) is 6.26. The molecule has 0 aliphatic heterocycles. The van der Waals surface area contributed by atoms with Gasteiger partial charge in [0.2, 0.25) is 0 Å². The maximum absolute atomic E-state index is 11.7. The van der Waals surface area contributed by atoms with Gasteiger partial charge >= 0.3 is 5.97 Å². The molecule has 1 saturated carbocycles. The number of hydrogen-bond acceptors (Lipinski definition) is 4. The van der Waals surface area contributed by atoms with E-state index in [1.165, 1.54) is 18.4 Å². The van der Waals surface area contributed by atoms with Crippen LogP contribution >= 0.6 is 11.3 Å². The first kappa shape index (κ1) is 16.8. The Morgan fingerprint density at radius 1 is 1.41 bits per heavy atom. The summed E-state index contributed by atoms with van der Waals surface area (Å²) in [6, 6.07) is 2.09. The normalized spacial score (nSPS) is 15.8. The van der Waals surface area contributed by atoms with Gasteiger partial charge < -0.3 is 15.4 Å². The molecular weight excluding hydrogens is 298 g/mol. The van der Waals surface area contributed by atoms with Crippen LogP contribution < -0.4 is 10.6 Å². The Morgan fingerprint density at radius 3 is 2.91 bits per heavy atom. The molecule has 0 bridgehead atoms. The van der Waals surface area contributed by atoms with Crippen LogP contribution in [0.3, 0.4) is 0 Å². The summed E-state index contributed by atoms with van der Waals surface area (Å²) in [6.07, 6.45) is 5.82. The third-order valence-electron chi connectivity index (χ3n) is 3.71. The molecule has 0 spiro atoms. The number of carbonyl (C=O) groups is 1. The molecule has 1 aliphatic carbocycles. The highest BCUT2D eigenvalue weighted by atomic mass is 32.1. The Hall–Kier alpha value is -1.56. The van der Waals surface area contributed by atoms with Gasteiger partial charge in [0, 0.05) is 26.6 Å². The van der Waals surface area contributed by atoms with E-state index in [4.69, 9.17) is 4.74 Å². The molecule has 1 aromatic rings. The predicted molar refractivity (Wildman–Crippen MR) is 90.1 cm³/mol. The first-order valence-corrected chi connectivity index (χ1v) is 8.87. The van der Waals surface area contributed by atoms with Crippen LogP contribution in [0.2, 0.25) is 0 Å². The average Bonchev–Trinajstić information content (AvgIpc) is 3.20. The third kappa shape index (κ3) is 6.05. The molecule has 0 saturated heterocycles. The molecule has 2 N–H and O–H groups in total. The molecule has 1 fully saturated rings. The van der Waals surface area contributed by atoms with E-state index in [-0.39, 0.29) is 12.1 Å². The Bertz CT molecular complexity index is 468.